The number of rotatable bonds is 9. The van der Waals surface area contributed by atoms with Gasteiger partial charge in [0.15, 0.2) is 0 Å². The molecule has 0 aliphatic rings. The Morgan fingerprint density at radius 1 is 0.762 bits per heavy atom. The lowest BCUT2D eigenvalue weighted by Gasteiger charge is -2.09. The predicted octanol–water partition coefficient (Wildman–Crippen LogP) is 4.43. The zero-order chi connectivity index (χ0) is 14.9. The molecular weight excluding hydrogens is 264 g/mol. The second kappa shape index (κ2) is 8.53. The number of unbranched alkanes of at least 4 members (excludes halogenated alkanes) is 1. The Balaban J connectivity index is 1.95. The Hall–Kier alpha value is -1.74. The molecule has 0 amide bonds. The molecule has 0 radical (unpaired) electrons. The summed E-state index contributed by atoms with van der Waals surface area (Å²) >= 11 is 0. The first-order valence-electron chi connectivity index (χ1n) is 7.62. The van der Waals surface area contributed by atoms with Gasteiger partial charge in [-0.25, -0.2) is 0 Å². The maximum atomic E-state index is 5.77. The standard InChI is InChI=1S/C18H24O3/c1-3-10-20-17-8-6-16-14-18(9-7-15(16)13-17)21-12-5-4-11-19-2/h6-9,13-14H,3-5,10-12H2,1-2H3. The summed E-state index contributed by atoms with van der Waals surface area (Å²) in [6, 6.07) is 12.3. The summed E-state index contributed by atoms with van der Waals surface area (Å²) in [5.41, 5.74) is 0. The molecule has 0 bridgehead atoms. The molecule has 0 heterocycles. The first-order chi connectivity index (χ1) is 10.3. The fraction of sp³-hybridized carbons (Fsp3) is 0.444. The largest absolute Gasteiger partial charge is 0.494 e. The quantitative estimate of drug-likeness (QED) is 0.639. The van der Waals surface area contributed by atoms with Crippen molar-refractivity contribution >= 4 is 10.8 Å². The van der Waals surface area contributed by atoms with Crippen LogP contribution in [0.3, 0.4) is 0 Å². The van der Waals surface area contributed by atoms with Crippen molar-refractivity contribution in [3.8, 4) is 11.5 Å². The van der Waals surface area contributed by atoms with Gasteiger partial charge in [-0.2, -0.15) is 0 Å². The van der Waals surface area contributed by atoms with Gasteiger partial charge < -0.3 is 14.2 Å². The third-order valence-electron chi connectivity index (χ3n) is 3.27. The molecular formula is C18H24O3. The summed E-state index contributed by atoms with van der Waals surface area (Å²) in [4.78, 5) is 0. The summed E-state index contributed by atoms with van der Waals surface area (Å²) in [6.07, 6.45) is 3.06. The van der Waals surface area contributed by atoms with E-state index in [1.807, 2.05) is 12.1 Å². The Kier molecular flexibility index (Phi) is 6.35. The zero-order valence-corrected chi connectivity index (χ0v) is 12.9. The second-order valence-electron chi connectivity index (χ2n) is 5.07. The molecule has 21 heavy (non-hydrogen) atoms. The molecule has 0 unspecified atom stereocenters. The molecule has 2 aromatic carbocycles. The number of hydrogen-bond acceptors (Lipinski definition) is 3. The minimum absolute atomic E-state index is 0.729. The van der Waals surface area contributed by atoms with Gasteiger partial charge in [-0.15, -0.1) is 0 Å². The van der Waals surface area contributed by atoms with Gasteiger partial charge in [-0.3, -0.25) is 0 Å². The number of hydrogen-bond donors (Lipinski definition) is 0. The average Bonchev–Trinajstić information content (AvgIpc) is 2.52. The van der Waals surface area contributed by atoms with Gasteiger partial charge in [0.05, 0.1) is 13.2 Å². The molecule has 3 nitrogen and oxygen atoms in total. The lowest BCUT2D eigenvalue weighted by Crippen LogP contribution is -1.99. The summed E-state index contributed by atoms with van der Waals surface area (Å²) in [5.74, 6) is 1.85. The first-order valence-corrected chi connectivity index (χ1v) is 7.62. The van der Waals surface area contributed by atoms with Crippen LogP contribution in [0.25, 0.3) is 10.8 Å². The topological polar surface area (TPSA) is 27.7 Å². The molecule has 0 saturated heterocycles. The summed E-state index contributed by atoms with van der Waals surface area (Å²) in [5, 5.41) is 2.35. The molecule has 0 saturated carbocycles. The van der Waals surface area contributed by atoms with E-state index >= 15 is 0 Å². The van der Waals surface area contributed by atoms with E-state index in [1.165, 1.54) is 10.8 Å². The van der Waals surface area contributed by atoms with E-state index in [0.717, 1.165) is 50.6 Å². The van der Waals surface area contributed by atoms with Crippen LogP contribution in [0.2, 0.25) is 0 Å². The minimum atomic E-state index is 0.729. The van der Waals surface area contributed by atoms with Gasteiger partial charge in [-0.1, -0.05) is 19.1 Å². The normalized spacial score (nSPS) is 10.8. The molecule has 0 aliphatic heterocycles. The lowest BCUT2D eigenvalue weighted by molar-refractivity contribution is 0.184. The van der Waals surface area contributed by atoms with Crippen molar-refractivity contribution in [2.45, 2.75) is 26.2 Å². The van der Waals surface area contributed by atoms with Crippen LogP contribution in [0.4, 0.5) is 0 Å². The van der Waals surface area contributed by atoms with E-state index in [-0.39, 0.29) is 0 Å². The van der Waals surface area contributed by atoms with E-state index in [1.54, 1.807) is 7.11 Å². The van der Waals surface area contributed by atoms with Gasteiger partial charge in [0, 0.05) is 13.7 Å². The van der Waals surface area contributed by atoms with E-state index < -0.39 is 0 Å². The van der Waals surface area contributed by atoms with E-state index in [2.05, 4.69) is 31.2 Å². The van der Waals surface area contributed by atoms with Gasteiger partial charge in [-0.05, 0) is 54.3 Å². The van der Waals surface area contributed by atoms with Crippen molar-refractivity contribution in [1.82, 2.24) is 0 Å². The predicted molar refractivity (Wildman–Crippen MR) is 86.3 cm³/mol. The molecule has 0 N–H and O–H groups in total. The number of ether oxygens (including phenoxy) is 3. The summed E-state index contributed by atoms with van der Waals surface area (Å²) in [6.45, 7) is 4.39. The zero-order valence-electron chi connectivity index (χ0n) is 12.9. The van der Waals surface area contributed by atoms with Crippen LogP contribution in [0.1, 0.15) is 26.2 Å². The van der Waals surface area contributed by atoms with Crippen LogP contribution < -0.4 is 9.47 Å². The van der Waals surface area contributed by atoms with Crippen LogP contribution >= 0.6 is 0 Å². The molecule has 2 rings (SSSR count). The van der Waals surface area contributed by atoms with Crippen LogP contribution in [0.15, 0.2) is 36.4 Å². The third kappa shape index (κ3) is 4.94. The summed E-state index contributed by atoms with van der Waals surface area (Å²) < 4.78 is 16.4. The van der Waals surface area contributed by atoms with Crippen molar-refractivity contribution in [2.24, 2.45) is 0 Å². The van der Waals surface area contributed by atoms with E-state index in [9.17, 15) is 0 Å². The second-order valence-corrected chi connectivity index (χ2v) is 5.07. The highest BCUT2D eigenvalue weighted by Crippen LogP contribution is 2.25. The highest BCUT2D eigenvalue weighted by molar-refractivity contribution is 5.85. The van der Waals surface area contributed by atoms with Crippen molar-refractivity contribution in [3.63, 3.8) is 0 Å². The van der Waals surface area contributed by atoms with Crippen LogP contribution in [-0.2, 0) is 4.74 Å². The maximum absolute atomic E-state index is 5.77. The van der Waals surface area contributed by atoms with E-state index in [4.69, 9.17) is 14.2 Å². The number of methoxy groups -OCH3 is 1. The van der Waals surface area contributed by atoms with Crippen molar-refractivity contribution in [3.05, 3.63) is 36.4 Å². The Morgan fingerprint density at radius 3 is 1.90 bits per heavy atom. The Labute approximate surface area is 126 Å². The molecule has 0 atom stereocenters. The van der Waals surface area contributed by atoms with Crippen molar-refractivity contribution in [2.75, 3.05) is 26.9 Å². The van der Waals surface area contributed by atoms with Gasteiger partial charge in [0.1, 0.15) is 11.5 Å². The first kappa shape index (κ1) is 15.6. The van der Waals surface area contributed by atoms with Crippen LogP contribution in [0, 0.1) is 0 Å². The number of benzene rings is 2. The molecule has 114 valence electrons. The Bertz CT molecular complexity index is 551. The Morgan fingerprint density at radius 2 is 1.33 bits per heavy atom. The highest BCUT2D eigenvalue weighted by Gasteiger charge is 2.00. The van der Waals surface area contributed by atoms with Gasteiger partial charge >= 0.3 is 0 Å². The van der Waals surface area contributed by atoms with Crippen molar-refractivity contribution in [1.29, 1.82) is 0 Å². The SMILES string of the molecule is CCCOc1ccc2cc(OCCCCOC)ccc2c1. The molecule has 0 fully saturated rings. The molecule has 0 spiro atoms. The third-order valence-corrected chi connectivity index (χ3v) is 3.27. The van der Waals surface area contributed by atoms with Gasteiger partial charge in [0.25, 0.3) is 0 Å². The van der Waals surface area contributed by atoms with Crippen LogP contribution in [-0.4, -0.2) is 26.9 Å². The molecule has 0 aromatic heterocycles. The highest BCUT2D eigenvalue weighted by atomic mass is 16.5. The minimum Gasteiger partial charge on any atom is -0.494 e. The number of fused-ring (bicyclic) bond motifs is 1. The monoisotopic (exact) mass is 288 g/mol. The molecule has 0 aliphatic carbocycles. The fourth-order valence-electron chi connectivity index (χ4n) is 2.14. The van der Waals surface area contributed by atoms with Crippen molar-refractivity contribution < 1.29 is 14.2 Å². The van der Waals surface area contributed by atoms with Crippen LogP contribution in [0.5, 0.6) is 11.5 Å². The fourth-order valence-corrected chi connectivity index (χ4v) is 2.14. The lowest BCUT2D eigenvalue weighted by atomic mass is 10.1. The van der Waals surface area contributed by atoms with Gasteiger partial charge in [0.2, 0.25) is 0 Å². The smallest absolute Gasteiger partial charge is 0.119 e. The molecule has 2 aromatic rings. The van der Waals surface area contributed by atoms with E-state index in [0.29, 0.717) is 0 Å². The average molecular weight is 288 g/mol. The maximum Gasteiger partial charge on any atom is 0.119 e. The summed E-state index contributed by atoms with van der Waals surface area (Å²) in [7, 11) is 1.72. The molecule has 3 heteroatoms.